The second-order valence-corrected chi connectivity index (χ2v) is 11.5. The molecule has 11 heteroatoms. The van der Waals surface area contributed by atoms with Gasteiger partial charge in [0.25, 0.3) is 10.0 Å². The summed E-state index contributed by atoms with van der Waals surface area (Å²) in [6, 6.07) is 7.91. The van der Waals surface area contributed by atoms with Crippen LogP contribution in [-0.4, -0.2) is 59.8 Å². The maximum atomic E-state index is 13.2. The number of piperidine rings is 1. The summed E-state index contributed by atoms with van der Waals surface area (Å²) in [5.74, 6) is -0.298. The molecule has 9 nitrogen and oxygen atoms in total. The highest BCUT2D eigenvalue weighted by atomic mass is 32.2. The Kier molecular flexibility index (Phi) is 5.22. The number of benzene rings is 1. The van der Waals surface area contributed by atoms with Gasteiger partial charge in [-0.25, -0.2) is 18.2 Å². The number of ether oxygens (including phenoxy) is 1. The molecule has 170 valence electrons. The first-order chi connectivity index (χ1) is 15.3. The van der Waals surface area contributed by atoms with Gasteiger partial charge in [0, 0.05) is 32.5 Å². The van der Waals surface area contributed by atoms with Crippen LogP contribution in [0.4, 0.5) is 9.93 Å². The van der Waals surface area contributed by atoms with Crippen molar-refractivity contribution in [1.82, 2.24) is 14.2 Å². The number of rotatable bonds is 4. The van der Waals surface area contributed by atoms with Crippen molar-refractivity contribution in [3.63, 3.8) is 0 Å². The fourth-order valence-corrected chi connectivity index (χ4v) is 8.02. The molecule has 1 aromatic carbocycles. The van der Waals surface area contributed by atoms with Crippen LogP contribution < -0.4 is 5.32 Å². The number of sulfonamides is 1. The van der Waals surface area contributed by atoms with E-state index >= 15 is 0 Å². The van der Waals surface area contributed by atoms with Crippen LogP contribution in [0.15, 0.2) is 28.5 Å². The summed E-state index contributed by atoms with van der Waals surface area (Å²) < 4.78 is 33.7. The van der Waals surface area contributed by atoms with E-state index in [9.17, 15) is 18.0 Å². The predicted molar refractivity (Wildman–Crippen MR) is 118 cm³/mol. The Labute approximate surface area is 190 Å². The first kappa shape index (κ1) is 21.4. The molecule has 0 radical (unpaired) electrons. The van der Waals surface area contributed by atoms with Gasteiger partial charge in [-0.05, 0) is 30.9 Å². The molecule has 3 heterocycles. The smallest absolute Gasteiger partial charge is 0.411 e. The van der Waals surface area contributed by atoms with E-state index in [-0.39, 0.29) is 39.5 Å². The first-order valence-electron chi connectivity index (χ1n) is 10.6. The van der Waals surface area contributed by atoms with E-state index in [1.165, 1.54) is 16.8 Å². The van der Waals surface area contributed by atoms with Crippen molar-refractivity contribution < 1.29 is 22.7 Å². The van der Waals surface area contributed by atoms with Gasteiger partial charge >= 0.3 is 6.09 Å². The molecular formula is C21H24N4O5S2. The maximum Gasteiger partial charge on any atom is 0.411 e. The zero-order valence-electron chi connectivity index (χ0n) is 17.8. The van der Waals surface area contributed by atoms with Crippen molar-refractivity contribution in [3.8, 4) is 0 Å². The standard InChI is InChI=1S/C21H24N4O5S2/c1-12-19(31-20(22-12)23-13(2)26)32(28,29)24-9-7-15(8-10-24)25-18-16-6-4-3-5-14(16)11-17(18)30-21(25)27/h3-6,15,17-18H,7-11H2,1-2H3,(H,22,23,26)/t17-,18+/m0/s1. The highest BCUT2D eigenvalue weighted by Crippen LogP contribution is 2.45. The lowest BCUT2D eigenvalue weighted by Crippen LogP contribution is -2.47. The van der Waals surface area contributed by atoms with Gasteiger partial charge in [0.1, 0.15) is 6.10 Å². The summed E-state index contributed by atoms with van der Waals surface area (Å²) in [5.41, 5.74) is 2.70. The van der Waals surface area contributed by atoms with Gasteiger partial charge in [-0.15, -0.1) is 0 Å². The number of amides is 2. The van der Waals surface area contributed by atoms with E-state index in [0.29, 0.717) is 31.6 Å². The number of carbonyl (C=O) groups excluding carboxylic acids is 2. The molecular weight excluding hydrogens is 452 g/mol. The van der Waals surface area contributed by atoms with E-state index in [2.05, 4.69) is 16.4 Å². The van der Waals surface area contributed by atoms with Crippen molar-refractivity contribution >= 4 is 38.5 Å². The van der Waals surface area contributed by atoms with Gasteiger partial charge in [0.2, 0.25) is 5.91 Å². The molecule has 1 aliphatic carbocycles. The van der Waals surface area contributed by atoms with E-state index in [1.54, 1.807) is 6.92 Å². The van der Waals surface area contributed by atoms with Crippen LogP contribution in [0, 0.1) is 6.92 Å². The predicted octanol–water partition coefficient (Wildman–Crippen LogP) is 2.68. The number of hydrogen-bond donors (Lipinski definition) is 1. The molecule has 0 unspecified atom stereocenters. The monoisotopic (exact) mass is 476 g/mol. The lowest BCUT2D eigenvalue weighted by Gasteiger charge is -2.37. The van der Waals surface area contributed by atoms with Gasteiger partial charge in [-0.2, -0.15) is 4.31 Å². The average Bonchev–Trinajstić information content (AvgIpc) is 3.38. The Hall–Kier alpha value is -2.50. The van der Waals surface area contributed by atoms with Crippen LogP contribution in [0.3, 0.4) is 0 Å². The third-order valence-corrected chi connectivity index (χ3v) is 9.90. The Balaban J connectivity index is 1.32. The molecule has 0 saturated carbocycles. The number of carbonyl (C=O) groups is 2. The Morgan fingerprint density at radius 2 is 1.97 bits per heavy atom. The lowest BCUT2D eigenvalue weighted by atomic mass is 10.00. The number of hydrogen-bond acceptors (Lipinski definition) is 7. The minimum absolute atomic E-state index is 0.0763. The van der Waals surface area contributed by atoms with E-state index in [1.807, 2.05) is 23.1 Å². The quantitative estimate of drug-likeness (QED) is 0.727. The zero-order chi connectivity index (χ0) is 22.6. The van der Waals surface area contributed by atoms with Crippen LogP contribution in [-0.2, 0) is 26.0 Å². The van der Waals surface area contributed by atoms with Crippen molar-refractivity contribution in [1.29, 1.82) is 0 Å². The number of aryl methyl sites for hydroxylation is 1. The zero-order valence-corrected chi connectivity index (χ0v) is 19.4. The maximum absolute atomic E-state index is 13.2. The van der Waals surface area contributed by atoms with Gasteiger partial charge < -0.3 is 10.1 Å². The molecule has 2 aromatic rings. The van der Waals surface area contributed by atoms with E-state index in [0.717, 1.165) is 23.3 Å². The minimum atomic E-state index is -3.73. The molecule has 32 heavy (non-hydrogen) atoms. The number of thiazole rings is 1. The topological polar surface area (TPSA) is 109 Å². The highest BCUT2D eigenvalue weighted by Gasteiger charge is 2.50. The Bertz CT molecular complexity index is 1190. The van der Waals surface area contributed by atoms with Crippen molar-refractivity contribution in [2.24, 2.45) is 0 Å². The largest absolute Gasteiger partial charge is 0.443 e. The first-order valence-corrected chi connectivity index (χ1v) is 12.8. The molecule has 5 rings (SSSR count). The van der Waals surface area contributed by atoms with Crippen molar-refractivity contribution in [2.45, 2.75) is 55.5 Å². The third-order valence-electron chi connectivity index (χ3n) is 6.34. The summed E-state index contributed by atoms with van der Waals surface area (Å²) in [6.45, 7) is 3.59. The highest BCUT2D eigenvalue weighted by molar-refractivity contribution is 7.91. The van der Waals surface area contributed by atoms with Gasteiger partial charge in [0.15, 0.2) is 9.34 Å². The fraction of sp³-hybridized carbons (Fsp3) is 0.476. The average molecular weight is 477 g/mol. The summed E-state index contributed by atoms with van der Waals surface area (Å²) in [7, 11) is -3.73. The van der Waals surface area contributed by atoms with E-state index < -0.39 is 10.0 Å². The second-order valence-electron chi connectivity index (χ2n) is 8.39. The summed E-state index contributed by atoms with van der Waals surface area (Å²) in [6.07, 6.45) is 1.31. The van der Waals surface area contributed by atoms with Crippen LogP contribution >= 0.6 is 11.3 Å². The van der Waals surface area contributed by atoms with Crippen LogP contribution in [0.5, 0.6) is 0 Å². The Morgan fingerprint density at radius 3 is 2.69 bits per heavy atom. The summed E-state index contributed by atoms with van der Waals surface area (Å²) in [4.78, 5) is 29.9. The van der Waals surface area contributed by atoms with Crippen LogP contribution in [0.1, 0.15) is 42.6 Å². The number of nitrogens with zero attached hydrogens (tertiary/aromatic N) is 3. The molecule has 2 fully saturated rings. The molecule has 1 N–H and O–H groups in total. The SMILES string of the molecule is CC(=O)Nc1nc(C)c(S(=O)(=O)N2CCC(N3C(=O)O[C@H]4Cc5ccccc5[C@H]43)CC2)s1. The number of anilines is 1. The van der Waals surface area contributed by atoms with E-state index in [4.69, 9.17) is 4.74 Å². The lowest BCUT2D eigenvalue weighted by molar-refractivity contribution is -0.114. The van der Waals surface area contributed by atoms with Gasteiger partial charge in [-0.1, -0.05) is 35.6 Å². The second kappa shape index (κ2) is 7.82. The molecule has 2 atom stereocenters. The third kappa shape index (κ3) is 3.48. The molecule has 2 saturated heterocycles. The minimum Gasteiger partial charge on any atom is -0.443 e. The number of nitrogens with one attached hydrogen (secondary N) is 1. The molecule has 2 aliphatic heterocycles. The van der Waals surface area contributed by atoms with Crippen LogP contribution in [0.25, 0.3) is 0 Å². The van der Waals surface area contributed by atoms with Crippen molar-refractivity contribution in [2.75, 3.05) is 18.4 Å². The normalized spacial score (nSPS) is 23.7. The van der Waals surface area contributed by atoms with Gasteiger partial charge in [-0.3, -0.25) is 9.69 Å². The summed E-state index contributed by atoms with van der Waals surface area (Å²) >= 11 is 0.963. The molecule has 0 spiro atoms. The number of aromatic nitrogens is 1. The summed E-state index contributed by atoms with van der Waals surface area (Å²) in [5, 5.41) is 2.82. The number of fused-ring (bicyclic) bond motifs is 3. The van der Waals surface area contributed by atoms with Gasteiger partial charge in [0.05, 0.1) is 11.7 Å². The molecule has 1 aromatic heterocycles. The molecule has 3 aliphatic rings. The molecule has 2 amide bonds. The van der Waals surface area contributed by atoms with Crippen LogP contribution in [0.2, 0.25) is 0 Å². The molecule has 0 bridgehead atoms. The van der Waals surface area contributed by atoms with Crippen molar-refractivity contribution in [3.05, 3.63) is 41.1 Å². The Morgan fingerprint density at radius 1 is 1.25 bits per heavy atom. The fourth-order valence-electron chi connectivity index (χ4n) is 4.96.